The first kappa shape index (κ1) is 25.9. The van der Waals surface area contributed by atoms with Crippen molar-refractivity contribution in [1.29, 1.82) is 0 Å². The summed E-state index contributed by atoms with van der Waals surface area (Å²) < 4.78 is 36.1. The van der Waals surface area contributed by atoms with E-state index in [2.05, 4.69) is 10.2 Å². The maximum absolute atomic E-state index is 12.6. The van der Waals surface area contributed by atoms with Crippen LogP contribution in [0.4, 0.5) is 11.4 Å². The number of hydrogen-bond donors (Lipinski definition) is 1. The van der Waals surface area contributed by atoms with Gasteiger partial charge in [-0.1, -0.05) is 16.1 Å². The molecule has 12 heteroatoms. The zero-order chi connectivity index (χ0) is 24.9. The van der Waals surface area contributed by atoms with Crippen molar-refractivity contribution in [3.05, 3.63) is 53.1 Å². The molecule has 0 aliphatic carbocycles. The number of hydroxylamine groups is 1. The Labute approximate surface area is 203 Å². The lowest BCUT2D eigenvalue weighted by Crippen LogP contribution is -2.36. The second kappa shape index (κ2) is 11.2. The van der Waals surface area contributed by atoms with Gasteiger partial charge < -0.3 is 19.7 Å². The highest BCUT2D eigenvalue weighted by Gasteiger charge is 2.26. The molecule has 10 nitrogen and oxygen atoms in total. The quantitative estimate of drug-likeness (QED) is 0.425. The largest absolute Gasteiger partial charge is 0.449 e. The fourth-order valence-electron chi connectivity index (χ4n) is 3.17. The minimum atomic E-state index is -4.00. The first-order chi connectivity index (χ1) is 16.1. The number of halogens is 1. The summed E-state index contributed by atoms with van der Waals surface area (Å²) in [6.45, 7) is 4.34. The summed E-state index contributed by atoms with van der Waals surface area (Å²) in [5, 5.41) is 2.67. The van der Waals surface area contributed by atoms with Crippen LogP contribution in [0, 0.1) is 0 Å². The predicted octanol–water partition coefficient (Wildman–Crippen LogP) is 2.54. The van der Waals surface area contributed by atoms with Gasteiger partial charge in [-0.3, -0.25) is 9.63 Å². The molecule has 2 aromatic carbocycles. The Balaban J connectivity index is 1.65. The van der Waals surface area contributed by atoms with Crippen LogP contribution in [-0.4, -0.2) is 71.3 Å². The number of hydrogen-bond acceptors (Lipinski definition) is 8. The Morgan fingerprint density at radius 1 is 1.15 bits per heavy atom. The number of carbonyl (C=O) groups is 2. The molecule has 1 atom stereocenters. The SMILES string of the molecule is CON(C)S(=O)(=O)c1ccc(Cl)c(C(=O)O[C@@H](C)C(=O)Nc2ccc(N3CCOCC3)cc2)c1. The fourth-order valence-corrected chi connectivity index (χ4v) is 4.36. The van der Waals surface area contributed by atoms with Gasteiger partial charge in [-0.25, -0.2) is 13.2 Å². The van der Waals surface area contributed by atoms with Crippen LogP contribution in [0.5, 0.6) is 0 Å². The molecule has 0 bridgehead atoms. The van der Waals surface area contributed by atoms with E-state index in [0.717, 1.165) is 24.8 Å². The molecule has 0 aromatic heterocycles. The van der Waals surface area contributed by atoms with E-state index in [0.29, 0.717) is 23.4 Å². The summed E-state index contributed by atoms with van der Waals surface area (Å²) in [6, 6.07) is 10.9. The van der Waals surface area contributed by atoms with E-state index in [1.807, 2.05) is 12.1 Å². The molecule has 184 valence electrons. The minimum absolute atomic E-state index is 0.0182. The van der Waals surface area contributed by atoms with Gasteiger partial charge in [0.2, 0.25) is 0 Å². The minimum Gasteiger partial charge on any atom is -0.449 e. The lowest BCUT2D eigenvalue weighted by molar-refractivity contribution is -0.123. The Bertz CT molecular complexity index is 1140. The number of benzene rings is 2. The Morgan fingerprint density at radius 2 is 1.79 bits per heavy atom. The molecule has 1 amide bonds. The predicted molar refractivity (Wildman–Crippen MR) is 126 cm³/mol. The van der Waals surface area contributed by atoms with Crippen molar-refractivity contribution in [2.75, 3.05) is 50.7 Å². The molecule has 1 saturated heterocycles. The molecule has 0 saturated carbocycles. The van der Waals surface area contributed by atoms with E-state index in [4.69, 9.17) is 25.9 Å². The highest BCUT2D eigenvalue weighted by atomic mass is 35.5. The maximum Gasteiger partial charge on any atom is 0.340 e. The first-order valence-corrected chi connectivity index (χ1v) is 12.2. The zero-order valence-electron chi connectivity index (χ0n) is 19.0. The smallest absolute Gasteiger partial charge is 0.340 e. The van der Waals surface area contributed by atoms with Crippen LogP contribution < -0.4 is 10.2 Å². The molecule has 0 radical (unpaired) electrons. The zero-order valence-corrected chi connectivity index (χ0v) is 20.6. The lowest BCUT2D eigenvalue weighted by atomic mass is 10.2. The van der Waals surface area contributed by atoms with Crippen molar-refractivity contribution in [2.24, 2.45) is 0 Å². The van der Waals surface area contributed by atoms with Crippen LogP contribution in [0.1, 0.15) is 17.3 Å². The van der Waals surface area contributed by atoms with Gasteiger partial charge >= 0.3 is 5.97 Å². The van der Waals surface area contributed by atoms with E-state index in [9.17, 15) is 18.0 Å². The molecule has 1 aliphatic rings. The summed E-state index contributed by atoms with van der Waals surface area (Å²) in [5.41, 5.74) is 1.37. The van der Waals surface area contributed by atoms with E-state index >= 15 is 0 Å². The van der Waals surface area contributed by atoms with E-state index in [1.54, 1.807) is 12.1 Å². The molecule has 1 fully saturated rings. The summed E-state index contributed by atoms with van der Waals surface area (Å²) in [4.78, 5) is 31.9. The summed E-state index contributed by atoms with van der Waals surface area (Å²) in [5.74, 6) is -1.49. The van der Waals surface area contributed by atoms with Gasteiger partial charge in [0.25, 0.3) is 15.9 Å². The van der Waals surface area contributed by atoms with Gasteiger partial charge in [-0.15, -0.1) is 0 Å². The van der Waals surface area contributed by atoms with Gasteiger partial charge in [0.05, 0.1) is 35.8 Å². The number of esters is 1. The normalized spacial score (nSPS) is 15.1. The maximum atomic E-state index is 12.6. The summed E-state index contributed by atoms with van der Waals surface area (Å²) >= 11 is 6.07. The highest BCUT2D eigenvalue weighted by Crippen LogP contribution is 2.24. The van der Waals surface area contributed by atoms with Gasteiger partial charge in [0.15, 0.2) is 6.10 Å². The van der Waals surface area contributed by atoms with Crippen molar-refractivity contribution in [2.45, 2.75) is 17.9 Å². The molecule has 2 aromatic rings. The van der Waals surface area contributed by atoms with Crippen LogP contribution in [0.25, 0.3) is 0 Å². The monoisotopic (exact) mass is 511 g/mol. The van der Waals surface area contributed by atoms with Gasteiger partial charge in [0.1, 0.15) is 0 Å². The van der Waals surface area contributed by atoms with E-state index in [1.165, 1.54) is 33.2 Å². The average molecular weight is 512 g/mol. The van der Waals surface area contributed by atoms with Crippen LogP contribution in [0.15, 0.2) is 47.4 Å². The topological polar surface area (TPSA) is 114 Å². The molecule has 1 N–H and O–H groups in total. The highest BCUT2D eigenvalue weighted by molar-refractivity contribution is 7.89. The molecule has 3 rings (SSSR count). The number of sulfonamides is 1. The molecule has 1 heterocycles. The van der Waals surface area contributed by atoms with E-state index in [-0.39, 0.29) is 15.5 Å². The number of anilines is 2. The average Bonchev–Trinajstić information content (AvgIpc) is 2.84. The molecule has 34 heavy (non-hydrogen) atoms. The number of ether oxygens (including phenoxy) is 2. The molecular weight excluding hydrogens is 486 g/mol. The molecule has 0 spiro atoms. The van der Waals surface area contributed by atoms with Gasteiger partial charge in [-0.2, -0.15) is 0 Å². The van der Waals surface area contributed by atoms with Crippen LogP contribution in [-0.2, 0) is 29.1 Å². The van der Waals surface area contributed by atoms with Crippen LogP contribution >= 0.6 is 11.6 Å². The second-order valence-corrected chi connectivity index (χ2v) is 9.77. The summed E-state index contributed by atoms with van der Waals surface area (Å²) in [7, 11) is -1.60. The number of nitrogens with one attached hydrogen (secondary N) is 1. The Kier molecular flexibility index (Phi) is 8.50. The number of carbonyl (C=O) groups excluding carboxylic acids is 2. The third-order valence-electron chi connectivity index (χ3n) is 5.22. The third kappa shape index (κ3) is 6.05. The van der Waals surface area contributed by atoms with Crippen molar-refractivity contribution < 1.29 is 32.3 Å². The van der Waals surface area contributed by atoms with Crippen LogP contribution in [0.3, 0.4) is 0 Å². The molecular formula is C22H26ClN3O7S. The van der Waals surface area contributed by atoms with Gasteiger partial charge in [0, 0.05) is 31.5 Å². The van der Waals surface area contributed by atoms with Gasteiger partial charge in [-0.05, 0) is 49.4 Å². The standard InChI is InChI=1S/C22H26ClN3O7S/c1-15(21(27)24-16-4-6-17(7-5-16)26-10-12-32-13-11-26)33-22(28)19-14-18(8-9-20(19)23)34(29,30)25(2)31-3/h4-9,14-15H,10-13H2,1-3H3,(H,24,27)/t15-/m0/s1. The number of nitrogens with zero attached hydrogens (tertiary/aromatic N) is 2. The Hall–Kier alpha value is -2.70. The third-order valence-corrected chi connectivity index (χ3v) is 7.22. The number of amides is 1. The van der Waals surface area contributed by atoms with Crippen molar-refractivity contribution in [3.63, 3.8) is 0 Å². The summed E-state index contributed by atoms with van der Waals surface area (Å²) in [6.07, 6.45) is -1.16. The van der Waals surface area contributed by atoms with Crippen molar-refractivity contribution >= 4 is 44.9 Å². The fraction of sp³-hybridized carbons (Fsp3) is 0.364. The molecule has 1 aliphatic heterocycles. The van der Waals surface area contributed by atoms with Crippen LogP contribution in [0.2, 0.25) is 5.02 Å². The van der Waals surface area contributed by atoms with Crippen molar-refractivity contribution in [1.82, 2.24) is 4.47 Å². The Morgan fingerprint density at radius 3 is 2.41 bits per heavy atom. The van der Waals surface area contributed by atoms with Crippen molar-refractivity contribution in [3.8, 4) is 0 Å². The van der Waals surface area contributed by atoms with E-state index < -0.39 is 28.0 Å². The molecule has 0 unspecified atom stereocenters. The first-order valence-electron chi connectivity index (χ1n) is 10.4. The lowest BCUT2D eigenvalue weighted by Gasteiger charge is -2.28. The number of morpholine rings is 1. The second-order valence-electron chi connectivity index (χ2n) is 7.42. The number of rotatable bonds is 8.